The van der Waals surface area contributed by atoms with Gasteiger partial charge in [0.1, 0.15) is 4.32 Å². The number of benzene rings is 1. The number of likely N-dealkylation sites (N-methyl/N-ethyl adjacent to an activating group) is 1. The molecule has 0 unspecified atom stereocenters. The molecule has 0 saturated carbocycles. The Labute approximate surface area is 143 Å². The van der Waals surface area contributed by atoms with E-state index < -0.39 is 0 Å². The molecule has 1 aromatic carbocycles. The summed E-state index contributed by atoms with van der Waals surface area (Å²) in [6.45, 7) is 2.50. The second kappa shape index (κ2) is 6.21. The Morgan fingerprint density at radius 3 is 2.77 bits per heavy atom. The number of thiocarbonyl (C=S) groups is 1. The molecule has 1 fully saturated rings. The summed E-state index contributed by atoms with van der Waals surface area (Å²) in [7, 11) is 0. The molecule has 3 rings (SSSR count). The average Bonchev–Trinajstić information content (AvgIpc) is 3.01. The van der Waals surface area contributed by atoms with Gasteiger partial charge in [0.05, 0.1) is 15.6 Å². The van der Waals surface area contributed by atoms with Gasteiger partial charge in [0.25, 0.3) is 5.91 Å². The number of allylic oxidation sites excluding steroid dienone is 2. The third-order valence-electron chi connectivity index (χ3n) is 3.24. The number of terminal acetylenes is 1. The van der Waals surface area contributed by atoms with E-state index in [1.807, 2.05) is 37.3 Å². The van der Waals surface area contributed by atoms with Crippen molar-refractivity contribution in [3.8, 4) is 12.5 Å². The maximum atomic E-state index is 12.2. The number of rotatable bonds is 2. The van der Waals surface area contributed by atoms with Crippen LogP contribution in [0.2, 0.25) is 0 Å². The van der Waals surface area contributed by atoms with Crippen LogP contribution in [-0.2, 0) is 4.79 Å². The van der Waals surface area contributed by atoms with Crippen molar-refractivity contribution in [3.63, 3.8) is 0 Å². The summed E-state index contributed by atoms with van der Waals surface area (Å²) in [5.74, 6) is -0.0397. The summed E-state index contributed by atoms with van der Waals surface area (Å²) in [5, 5.41) is 0.908. The lowest BCUT2D eigenvalue weighted by molar-refractivity contribution is -0.122. The van der Waals surface area contributed by atoms with Crippen molar-refractivity contribution in [1.82, 2.24) is 4.90 Å². The maximum Gasteiger partial charge on any atom is 0.266 e. The van der Waals surface area contributed by atoms with E-state index in [1.54, 1.807) is 27.6 Å². The van der Waals surface area contributed by atoms with Crippen LogP contribution in [0.1, 0.15) is 6.92 Å². The summed E-state index contributed by atoms with van der Waals surface area (Å²) in [5.41, 5.74) is 0.996. The van der Waals surface area contributed by atoms with E-state index in [-0.39, 0.29) is 5.91 Å². The van der Waals surface area contributed by atoms with Gasteiger partial charge in [-0.3, -0.25) is 14.6 Å². The van der Waals surface area contributed by atoms with Gasteiger partial charge in [0.2, 0.25) is 0 Å². The SMILES string of the molecule is C#CN1C(=CC=C2SC(=S)N(CC)C2=O)Sc2ccccc21. The van der Waals surface area contributed by atoms with Gasteiger partial charge in [-0.15, -0.1) is 0 Å². The summed E-state index contributed by atoms with van der Waals surface area (Å²) in [6.07, 6.45) is 9.30. The molecule has 1 aromatic rings. The highest BCUT2D eigenvalue weighted by molar-refractivity contribution is 8.26. The third kappa shape index (κ3) is 2.56. The number of carbonyl (C=O) groups is 1. The lowest BCUT2D eigenvalue weighted by Crippen LogP contribution is -2.27. The van der Waals surface area contributed by atoms with Crippen LogP contribution in [-0.4, -0.2) is 21.7 Å². The minimum absolute atomic E-state index is 0.0397. The Hall–Kier alpha value is -1.68. The van der Waals surface area contributed by atoms with E-state index in [1.165, 1.54) is 11.8 Å². The minimum Gasteiger partial charge on any atom is -0.293 e. The molecule has 3 nitrogen and oxygen atoms in total. The van der Waals surface area contributed by atoms with Gasteiger partial charge in [0.15, 0.2) is 0 Å². The molecule has 2 aliphatic heterocycles. The van der Waals surface area contributed by atoms with E-state index >= 15 is 0 Å². The number of hydrogen-bond donors (Lipinski definition) is 0. The molecule has 22 heavy (non-hydrogen) atoms. The second-order valence-corrected chi connectivity index (χ2v) is 7.23. The van der Waals surface area contributed by atoms with E-state index in [2.05, 4.69) is 6.04 Å². The van der Waals surface area contributed by atoms with Gasteiger partial charge in [-0.1, -0.05) is 54.3 Å². The van der Waals surface area contributed by atoms with Crippen molar-refractivity contribution >= 4 is 51.7 Å². The first-order chi connectivity index (χ1) is 10.7. The third-order valence-corrected chi connectivity index (χ3v) is 5.73. The lowest BCUT2D eigenvalue weighted by Gasteiger charge is -2.10. The lowest BCUT2D eigenvalue weighted by atomic mass is 10.3. The van der Waals surface area contributed by atoms with Crippen molar-refractivity contribution in [2.45, 2.75) is 11.8 Å². The number of carbonyl (C=O) groups excluding carboxylic acids is 1. The van der Waals surface area contributed by atoms with Gasteiger partial charge >= 0.3 is 0 Å². The molecule has 110 valence electrons. The Balaban J connectivity index is 1.89. The summed E-state index contributed by atoms with van der Waals surface area (Å²) >= 11 is 8.13. The van der Waals surface area contributed by atoms with Gasteiger partial charge in [0, 0.05) is 17.5 Å². The van der Waals surface area contributed by atoms with Gasteiger partial charge in [-0.25, -0.2) is 0 Å². The highest BCUT2D eigenvalue weighted by Gasteiger charge is 2.30. The fourth-order valence-corrected chi connectivity index (χ4v) is 4.52. The molecule has 0 radical (unpaired) electrons. The topological polar surface area (TPSA) is 23.6 Å². The monoisotopic (exact) mass is 344 g/mol. The molecule has 2 aliphatic rings. The van der Waals surface area contributed by atoms with Crippen LogP contribution in [0.15, 0.2) is 51.2 Å². The van der Waals surface area contributed by atoms with E-state index in [0.717, 1.165) is 15.6 Å². The summed E-state index contributed by atoms with van der Waals surface area (Å²) < 4.78 is 0.605. The number of fused-ring (bicyclic) bond motifs is 1. The van der Waals surface area contributed by atoms with Crippen LogP contribution in [0.25, 0.3) is 0 Å². The zero-order valence-electron chi connectivity index (χ0n) is 11.8. The maximum absolute atomic E-state index is 12.2. The molecule has 0 aliphatic carbocycles. The molecule has 0 bridgehead atoms. The largest absolute Gasteiger partial charge is 0.293 e. The van der Waals surface area contributed by atoms with Crippen LogP contribution < -0.4 is 4.90 Å². The highest BCUT2D eigenvalue weighted by Crippen LogP contribution is 2.45. The van der Waals surface area contributed by atoms with Crippen molar-refractivity contribution in [1.29, 1.82) is 0 Å². The Kier molecular flexibility index (Phi) is 4.30. The van der Waals surface area contributed by atoms with Crippen LogP contribution >= 0.6 is 35.7 Å². The molecule has 1 amide bonds. The molecule has 6 heteroatoms. The van der Waals surface area contributed by atoms with Gasteiger partial charge < -0.3 is 0 Å². The molecular formula is C16H12N2OS3. The molecule has 0 aromatic heterocycles. The van der Waals surface area contributed by atoms with Crippen molar-refractivity contribution in [2.24, 2.45) is 0 Å². The molecule has 0 spiro atoms. The van der Waals surface area contributed by atoms with Crippen LogP contribution in [0.4, 0.5) is 5.69 Å². The predicted molar refractivity (Wildman–Crippen MR) is 97.4 cm³/mol. The van der Waals surface area contributed by atoms with Crippen LogP contribution in [0.5, 0.6) is 0 Å². The molecule has 0 atom stereocenters. The minimum atomic E-state index is -0.0397. The zero-order valence-corrected chi connectivity index (χ0v) is 14.2. The standard InChI is InChI=1S/C16H12N2OS3/c1-3-17-11-7-5-6-8-12(11)21-14(17)10-9-13-15(19)18(4-2)16(20)22-13/h1,5-10H,4H2,2H3. The fourth-order valence-electron chi connectivity index (χ4n) is 2.18. The van der Waals surface area contributed by atoms with E-state index in [9.17, 15) is 4.79 Å². The van der Waals surface area contributed by atoms with Gasteiger partial charge in [-0.05, 0) is 31.2 Å². The number of nitrogens with zero attached hydrogens (tertiary/aromatic N) is 2. The summed E-state index contributed by atoms with van der Waals surface area (Å²) in [4.78, 5) is 17.3. The van der Waals surface area contributed by atoms with Crippen LogP contribution in [0, 0.1) is 12.5 Å². The average molecular weight is 344 g/mol. The molecule has 2 heterocycles. The quantitative estimate of drug-likeness (QED) is 0.461. The first-order valence-electron chi connectivity index (χ1n) is 6.64. The van der Waals surface area contributed by atoms with E-state index in [4.69, 9.17) is 18.6 Å². The van der Waals surface area contributed by atoms with Crippen molar-refractivity contribution in [2.75, 3.05) is 11.4 Å². The number of amides is 1. The normalized spacial score (nSPS) is 20.9. The van der Waals surface area contributed by atoms with Gasteiger partial charge in [-0.2, -0.15) is 0 Å². The first kappa shape index (κ1) is 15.2. The number of thioether (sulfide) groups is 2. The number of anilines is 1. The van der Waals surface area contributed by atoms with Crippen LogP contribution in [0.3, 0.4) is 0 Å². The van der Waals surface area contributed by atoms with Crippen molar-refractivity contribution < 1.29 is 4.79 Å². The highest BCUT2D eigenvalue weighted by atomic mass is 32.2. The smallest absolute Gasteiger partial charge is 0.266 e. The Bertz CT molecular complexity index is 761. The molecule has 1 saturated heterocycles. The van der Waals surface area contributed by atoms with E-state index in [0.29, 0.717) is 15.8 Å². The predicted octanol–water partition coefficient (Wildman–Crippen LogP) is 3.79. The first-order valence-corrected chi connectivity index (χ1v) is 8.68. The Morgan fingerprint density at radius 2 is 2.09 bits per heavy atom. The summed E-state index contributed by atoms with van der Waals surface area (Å²) in [6, 6.07) is 10.6. The Morgan fingerprint density at radius 1 is 1.32 bits per heavy atom. The number of para-hydroxylation sites is 1. The van der Waals surface area contributed by atoms with Crippen molar-refractivity contribution in [3.05, 3.63) is 46.4 Å². The zero-order chi connectivity index (χ0) is 15.7. The fraction of sp³-hybridized carbons (Fsp3) is 0.125. The number of hydrogen-bond acceptors (Lipinski definition) is 5. The molecule has 0 N–H and O–H groups in total. The second-order valence-electron chi connectivity index (χ2n) is 4.49. The molecular weight excluding hydrogens is 332 g/mol.